The molecule has 100 valence electrons. The van der Waals surface area contributed by atoms with E-state index in [1.54, 1.807) is 6.20 Å². The van der Waals surface area contributed by atoms with Crippen LogP contribution in [0.4, 0.5) is 5.82 Å². The summed E-state index contributed by atoms with van der Waals surface area (Å²) in [7, 11) is 1.99. The zero-order valence-corrected chi connectivity index (χ0v) is 11.4. The molecule has 0 unspecified atom stereocenters. The van der Waals surface area contributed by atoms with Gasteiger partial charge in [-0.15, -0.1) is 0 Å². The fourth-order valence-corrected chi connectivity index (χ4v) is 2.06. The molecule has 0 aliphatic heterocycles. The molecule has 2 aromatic heterocycles. The van der Waals surface area contributed by atoms with Gasteiger partial charge in [-0.1, -0.05) is 6.92 Å². The molecular formula is C14H19N5. The van der Waals surface area contributed by atoms with Gasteiger partial charge in [0.15, 0.2) is 5.82 Å². The first-order valence-corrected chi connectivity index (χ1v) is 6.88. The molecule has 2 aromatic rings. The Bertz CT molecular complexity index is 571. The van der Waals surface area contributed by atoms with Gasteiger partial charge in [-0.25, -0.2) is 15.0 Å². The highest BCUT2D eigenvalue weighted by atomic mass is 15.1. The molecule has 1 aliphatic carbocycles. The second-order valence-corrected chi connectivity index (χ2v) is 5.06. The van der Waals surface area contributed by atoms with Gasteiger partial charge in [0.1, 0.15) is 17.3 Å². The quantitative estimate of drug-likeness (QED) is 0.894. The summed E-state index contributed by atoms with van der Waals surface area (Å²) < 4.78 is 1.99. The number of aryl methyl sites for hydroxylation is 1. The third-order valence-electron chi connectivity index (χ3n) is 3.29. The zero-order chi connectivity index (χ0) is 13.2. The maximum Gasteiger partial charge on any atom is 0.158 e. The lowest BCUT2D eigenvalue weighted by atomic mass is 10.3. The van der Waals surface area contributed by atoms with E-state index in [9.17, 15) is 0 Å². The van der Waals surface area contributed by atoms with Crippen LogP contribution in [-0.2, 0) is 7.05 Å². The number of anilines is 1. The summed E-state index contributed by atoms with van der Waals surface area (Å²) in [4.78, 5) is 13.7. The molecule has 3 rings (SSSR count). The van der Waals surface area contributed by atoms with Crippen LogP contribution in [0.15, 0.2) is 18.5 Å². The molecule has 1 N–H and O–H groups in total. The van der Waals surface area contributed by atoms with Crippen LogP contribution in [0.3, 0.4) is 0 Å². The van der Waals surface area contributed by atoms with Crippen molar-refractivity contribution in [3.63, 3.8) is 0 Å². The minimum Gasteiger partial charge on any atom is -0.370 e. The Morgan fingerprint density at radius 1 is 1.37 bits per heavy atom. The predicted octanol–water partition coefficient (Wildman–Crippen LogP) is 2.58. The lowest BCUT2D eigenvalue weighted by molar-refractivity contribution is 0.883. The summed E-state index contributed by atoms with van der Waals surface area (Å²) in [6, 6.07) is 1.99. The first kappa shape index (κ1) is 12.1. The predicted molar refractivity (Wildman–Crippen MR) is 75.0 cm³/mol. The van der Waals surface area contributed by atoms with Gasteiger partial charge in [0, 0.05) is 38.0 Å². The van der Waals surface area contributed by atoms with Gasteiger partial charge in [0.05, 0.1) is 0 Å². The summed E-state index contributed by atoms with van der Waals surface area (Å²) >= 11 is 0. The fraction of sp³-hybridized carbons (Fsp3) is 0.500. The first-order chi connectivity index (χ1) is 9.28. The number of imidazole rings is 1. The van der Waals surface area contributed by atoms with E-state index < -0.39 is 0 Å². The Balaban J connectivity index is 1.98. The number of rotatable bonds is 5. The lowest BCUT2D eigenvalue weighted by Crippen LogP contribution is -2.06. The maximum atomic E-state index is 4.67. The van der Waals surface area contributed by atoms with Gasteiger partial charge in [0.25, 0.3) is 0 Å². The van der Waals surface area contributed by atoms with Crippen molar-refractivity contribution in [2.75, 3.05) is 11.9 Å². The average molecular weight is 257 g/mol. The van der Waals surface area contributed by atoms with Crippen molar-refractivity contribution >= 4 is 5.82 Å². The van der Waals surface area contributed by atoms with Crippen LogP contribution in [0.25, 0.3) is 11.5 Å². The van der Waals surface area contributed by atoms with Crippen LogP contribution >= 0.6 is 0 Å². The molecule has 1 saturated carbocycles. The molecule has 5 heteroatoms. The van der Waals surface area contributed by atoms with Gasteiger partial charge < -0.3 is 9.88 Å². The summed E-state index contributed by atoms with van der Waals surface area (Å²) in [6.07, 6.45) is 7.23. The zero-order valence-electron chi connectivity index (χ0n) is 11.4. The molecule has 19 heavy (non-hydrogen) atoms. The Kier molecular flexibility index (Phi) is 3.19. The standard InChI is InChI=1S/C14H19N5/c1-3-6-15-12-9-11(14-16-7-8-19(14)2)17-13(18-12)10-4-5-10/h7-10H,3-6H2,1-2H3,(H,15,17,18). The van der Waals surface area contributed by atoms with Crippen molar-refractivity contribution in [1.82, 2.24) is 19.5 Å². The summed E-state index contributed by atoms with van der Waals surface area (Å²) in [6.45, 7) is 3.08. The molecule has 2 heterocycles. The van der Waals surface area contributed by atoms with E-state index in [-0.39, 0.29) is 0 Å². The second kappa shape index (κ2) is 4.99. The molecule has 0 amide bonds. The minimum absolute atomic E-state index is 0.544. The molecule has 1 aliphatic rings. The van der Waals surface area contributed by atoms with E-state index in [1.165, 1.54) is 12.8 Å². The van der Waals surface area contributed by atoms with Crippen LogP contribution in [-0.4, -0.2) is 26.1 Å². The molecule has 0 saturated heterocycles. The third-order valence-corrected chi connectivity index (χ3v) is 3.29. The van der Waals surface area contributed by atoms with Crippen LogP contribution in [0.5, 0.6) is 0 Å². The van der Waals surface area contributed by atoms with Crippen molar-refractivity contribution in [1.29, 1.82) is 0 Å². The fourth-order valence-electron chi connectivity index (χ4n) is 2.06. The monoisotopic (exact) mass is 257 g/mol. The normalized spacial score (nSPS) is 14.6. The highest BCUT2D eigenvalue weighted by Gasteiger charge is 2.27. The lowest BCUT2D eigenvalue weighted by Gasteiger charge is -2.09. The average Bonchev–Trinajstić information content (AvgIpc) is 3.18. The summed E-state index contributed by atoms with van der Waals surface area (Å²) in [5.41, 5.74) is 0.906. The van der Waals surface area contributed by atoms with E-state index >= 15 is 0 Å². The largest absolute Gasteiger partial charge is 0.370 e. The molecule has 5 nitrogen and oxygen atoms in total. The highest BCUT2D eigenvalue weighted by Crippen LogP contribution is 2.39. The number of hydrogen-bond acceptors (Lipinski definition) is 4. The Labute approximate surface area is 113 Å². The molecule has 0 spiro atoms. The van der Waals surface area contributed by atoms with E-state index in [0.717, 1.165) is 36.1 Å². The topological polar surface area (TPSA) is 55.6 Å². The van der Waals surface area contributed by atoms with Crippen LogP contribution < -0.4 is 5.32 Å². The molecule has 1 fully saturated rings. The van der Waals surface area contributed by atoms with Gasteiger partial charge in [-0.05, 0) is 19.3 Å². The van der Waals surface area contributed by atoms with E-state index in [4.69, 9.17) is 0 Å². The van der Waals surface area contributed by atoms with Gasteiger partial charge in [0.2, 0.25) is 0 Å². The van der Waals surface area contributed by atoms with Crippen molar-refractivity contribution in [2.45, 2.75) is 32.1 Å². The number of nitrogens with zero attached hydrogens (tertiary/aromatic N) is 4. The van der Waals surface area contributed by atoms with E-state index in [0.29, 0.717) is 5.92 Å². The van der Waals surface area contributed by atoms with Crippen molar-refractivity contribution < 1.29 is 0 Å². The van der Waals surface area contributed by atoms with Gasteiger partial charge in [-0.3, -0.25) is 0 Å². The first-order valence-electron chi connectivity index (χ1n) is 6.88. The Morgan fingerprint density at radius 3 is 2.84 bits per heavy atom. The third kappa shape index (κ3) is 2.59. The van der Waals surface area contributed by atoms with Crippen LogP contribution in [0, 0.1) is 0 Å². The van der Waals surface area contributed by atoms with Crippen LogP contribution in [0.2, 0.25) is 0 Å². The van der Waals surface area contributed by atoms with Gasteiger partial charge >= 0.3 is 0 Å². The molecule has 0 radical (unpaired) electrons. The Hall–Kier alpha value is -1.91. The second-order valence-electron chi connectivity index (χ2n) is 5.06. The van der Waals surface area contributed by atoms with Gasteiger partial charge in [-0.2, -0.15) is 0 Å². The number of nitrogens with one attached hydrogen (secondary N) is 1. The van der Waals surface area contributed by atoms with Crippen molar-refractivity contribution in [3.05, 3.63) is 24.3 Å². The molecule has 0 bridgehead atoms. The maximum absolute atomic E-state index is 4.67. The summed E-state index contributed by atoms with van der Waals surface area (Å²) in [5, 5.41) is 3.35. The molecular weight excluding hydrogens is 238 g/mol. The number of aromatic nitrogens is 4. The van der Waals surface area contributed by atoms with Crippen LogP contribution in [0.1, 0.15) is 37.9 Å². The molecule has 0 atom stereocenters. The number of hydrogen-bond donors (Lipinski definition) is 1. The van der Waals surface area contributed by atoms with Crippen molar-refractivity contribution in [3.8, 4) is 11.5 Å². The molecule has 0 aromatic carbocycles. The smallest absolute Gasteiger partial charge is 0.158 e. The van der Waals surface area contributed by atoms with Crippen molar-refractivity contribution in [2.24, 2.45) is 7.05 Å². The van der Waals surface area contributed by atoms with E-state index in [2.05, 4.69) is 27.2 Å². The summed E-state index contributed by atoms with van der Waals surface area (Å²) in [5.74, 6) is 3.31. The Morgan fingerprint density at radius 2 is 2.21 bits per heavy atom. The highest BCUT2D eigenvalue weighted by molar-refractivity contribution is 5.56. The SMILES string of the molecule is CCCNc1cc(-c2nccn2C)nc(C2CC2)n1. The minimum atomic E-state index is 0.544. The van der Waals surface area contributed by atoms with E-state index in [1.807, 2.05) is 23.9 Å².